The molecule has 23 heavy (non-hydrogen) atoms. The molecule has 0 spiro atoms. The smallest absolute Gasteiger partial charge is 0.311 e. The molecule has 0 aliphatic carbocycles. The lowest BCUT2D eigenvalue weighted by atomic mass is 9.92. The lowest BCUT2D eigenvalue weighted by Crippen LogP contribution is -2.17. The summed E-state index contributed by atoms with van der Waals surface area (Å²) >= 11 is 0. The molecule has 1 saturated heterocycles. The molecule has 0 radical (unpaired) electrons. The lowest BCUT2D eigenvalue weighted by Gasteiger charge is -2.18. The molecule has 3 N–H and O–H groups in total. The van der Waals surface area contributed by atoms with Crippen LogP contribution in [0.25, 0.3) is 0 Å². The molecule has 2 aromatic rings. The number of carboxylic acid groups (broad SMARTS) is 1. The summed E-state index contributed by atoms with van der Waals surface area (Å²) in [5.41, 5.74) is 9.38. The molecular formula is C19H22N2O2. The Kier molecular flexibility index (Phi) is 4.51. The van der Waals surface area contributed by atoms with Crippen molar-refractivity contribution in [1.82, 2.24) is 0 Å². The fourth-order valence-electron chi connectivity index (χ4n) is 3.13. The Hall–Kier alpha value is -2.49. The first-order valence-electron chi connectivity index (χ1n) is 8.05. The highest BCUT2D eigenvalue weighted by Gasteiger charge is 2.20. The van der Waals surface area contributed by atoms with Crippen LogP contribution >= 0.6 is 0 Å². The van der Waals surface area contributed by atoms with Gasteiger partial charge in [0.1, 0.15) is 0 Å². The maximum absolute atomic E-state index is 11.6. The predicted molar refractivity (Wildman–Crippen MR) is 92.8 cm³/mol. The number of aliphatic carboxylic acids is 1. The highest BCUT2D eigenvalue weighted by Crippen LogP contribution is 2.25. The van der Waals surface area contributed by atoms with Crippen LogP contribution in [0.3, 0.4) is 0 Å². The normalized spacial score (nSPS) is 15.6. The average Bonchev–Trinajstić information content (AvgIpc) is 3.08. The van der Waals surface area contributed by atoms with Gasteiger partial charge in [0.25, 0.3) is 0 Å². The summed E-state index contributed by atoms with van der Waals surface area (Å²) in [4.78, 5) is 14.0. The van der Waals surface area contributed by atoms with Crippen molar-refractivity contribution in [3.63, 3.8) is 0 Å². The van der Waals surface area contributed by atoms with Gasteiger partial charge >= 0.3 is 5.97 Å². The van der Waals surface area contributed by atoms with Gasteiger partial charge < -0.3 is 15.7 Å². The van der Waals surface area contributed by atoms with Crippen molar-refractivity contribution >= 4 is 17.3 Å². The highest BCUT2D eigenvalue weighted by molar-refractivity contribution is 5.76. The van der Waals surface area contributed by atoms with Crippen LogP contribution in [0.1, 0.15) is 29.9 Å². The number of anilines is 2. The van der Waals surface area contributed by atoms with Gasteiger partial charge in [-0.2, -0.15) is 0 Å². The molecule has 0 aromatic heterocycles. The van der Waals surface area contributed by atoms with Crippen LogP contribution in [0.5, 0.6) is 0 Å². The maximum Gasteiger partial charge on any atom is 0.311 e. The Morgan fingerprint density at radius 1 is 1.04 bits per heavy atom. The Bertz CT molecular complexity index is 659. The molecule has 0 amide bonds. The van der Waals surface area contributed by atoms with Crippen molar-refractivity contribution in [2.24, 2.45) is 0 Å². The Morgan fingerprint density at radius 2 is 1.65 bits per heavy atom. The van der Waals surface area contributed by atoms with Crippen LogP contribution in [0, 0.1) is 0 Å². The molecule has 1 fully saturated rings. The Balaban J connectivity index is 1.75. The summed E-state index contributed by atoms with van der Waals surface area (Å²) in [7, 11) is 0. The monoisotopic (exact) mass is 310 g/mol. The zero-order valence-corrected chi connectivity index (χ0v) is 13.1. The summed E-state index contributed by atoms with van der Waals surface area (Å²) in [6, 6.07) is 15.4. The number of nitrogens with zero attached hydrogens (tertiary/aromatic N) is 1. The molecule has 3 rings (SSSR count). The number of nitrogens with two attached hydrogens (primary N) is 1. The van der Waals surface area contributed by atoms with E-state index in [1.165, 1.54) is 18.5 Å². The van der Waals surface area contributed by atoms with E-state index in [1.807, 2.05) is 12.1 Å². The third kappa shape index (κ3) is 3.65. The molecule has 4 nitrogen and oxygen atoms in total. The molecule has 120 valence electrons. The summed E-state index contributed by atoms with van der Waals surface area (Å²) in [6.45, 7) is 2.23. The molecule has 1 atom stereocenters. The summed E-state index contributed by atoms with van der Waals surface area (Å²) < 4.78 is 0. The van der Waals surface area contributed by atoms with Crippen molar-refractivity contribution in [3.8, 4) is 0 Å². The zero-order chi connectivity index (χ0) is 16.2. The van der Waals surface area contributed by atoms with E-state index in [1.54, 1.807) is 24.3 Å². The molecule has 0 bridgehead atoms. The molecule has 1 aliphatic rings. The van der Waals surface area contributed by atoms with Gasteiger partial charge in [-0.1, -0.05) is 24.3 Å². The number of carbonyl (C=O) groups is 1. The predicted octanol–water partition coefficient (Wildman–Crippen LogP) is 3.28. The highest BCUT2D eigenvalue weighted by atomic mass is 16.4. The van der Waals surface area contributed by atoms with E-state index in [4.69, 9.17) is 5.73 Å². The van der Waals surface area contributed by atoms with E-state index in [-0.39, 0.29) is 0 Å². The fourth-order valence-corrected chi connectivity index (χ4v) is 3.13. The summed E-state index contributed by atoms with van der Waals surface area (Å²) in [6.07, 6.45) is 2.99. The van der Waals surface area contributed by atoms with Gasteiger partial charge in [-0.3, -0.25) is 4.79 Å². The van der Waals surface area contributed by atoms with Crippen molar-refractivity contribution in [3.05, 3.63) is 59.7 Å². The topological polar surface area (TPSA) is 66.6 Å². The fraction of sp³-hybridized carbons (Fsp3) is 0.316. The van der Waals surface area contributed by atoms with Gasteiger partial charge in [-0.15, -0.1) is 0 Å². The average molecular weight is 310 g/mol. The van der Waals surface area contributed by atoms with Gasteiger partial charge in [-0.25, -0.2) is 0 Å². The standard InChI is InChI=1S/C19H22N2O2/c20-16-7-5-15(6-8-16)18(19(22)23)13-14-3-9-17(10-4-14)21-11-1-2-12-21/h3-10,18H,1-2,11-13,20H2,(H,22,23). The van der Waals surface area contributed by atoms with E-state index >= 15 is 0 Å². The molecule has 1 unspecified atom stereocenters. The van der Waals surface area contributed by atoms with Gasteiger partial charge in [-0.05, 0) is 54.7 Å². The van der Waals surface area contributed by atoms with E-state index in [2.05, 4.69) is 17.0 Å². The minimum Gasteiger partial charge on any atom is -0.481 e. The molecule has 1 heterocycles. The van der Waals surface area contributed by atoms with E-state index in [9.17, 15) is 9.90 Å². The van der Waals surface area contributed by atoms with Crippen molar-refractivity contribution in [2.45, 2.75) is 25.2 Å². The SMILES string of the molecule is Nc1ccc(C(Cc2ccc(N3CCCC3)cc2)C(=O)O)cc1. The zero-order valence-electron chi connectivity index (χ0n) is 13.1. The number of nitrogen functional groups attached to an aromatic ring is 1. The van der Waals surface area contributed by atoms with Crippen LogP contribution in [0.15, 0.2) is 48.5 Å². The quantitative estimate of drug-likeness (QED) is 0.832. The van der Waals surface area contributed by atoms with Crippen molar-refractivity contribution in [1.29, 1.82) is 0 Å². The van der Waals surface area contributed by atoms with Crippen LogP contribution in [0.2, 0.25) is 0 Å². The largest absolute Gasteiger partial charge is 0.481 e. The first kappa shape index (κ1) is 15.4. The molecule has 2 aromatic carbocycles. The first-order chi connectivity index (χ1) is 11.1. The molecule has 0 saturated carbocycles. The Morgan fingerprint density at radius 3 is 2.22 bits per heavy atom. The minimum atomic E-state index is -0.807. The molecule has 1 aliphatic heterocycles. The van der Waals surface area contributed by atoms with Gasteiger partial charge in [0.05, 0.1) is 5.92 Å². The van der Waals surface area contributed by atoms with Gasteiger partial charge in [0.15, 0.2) is 0 Å². The number of rotatable bonds is 5. The van der Waals surface area contributed by atoms with Crippen molar-refractivity contribution < 1.29 is 9.90 Å². The minimum absolute atomic E-state index is 0.486. The van der Waals surface area contributed by atoms with E-state index < -0.39 is 11.9 Å². The van der Waals surface area contributed by atoms with Gasteiger partial charge in [0, 0.05) is 24.5 Å². The summed E-state index contributed by atoms with van der Waals surface area (Å²) in [5, 5.41) is 9.55. The Labute approximate surface area is 136 Å². The number of hydrogen-bond acceptors (Lipinski definition) is 3. The molecular weight excluding hydrogens is 288 g/mol. The second kappa shape index (κ2) is 6.73. The van der Waals surface area contributed by atoms with Crippen LogP contribution < -0.4 is 10.6 Å². The second-order valence-electron chi connectivity index (χ2n) is 6.12. The number of benzene rings is 2. The maximum atomic E-state index is 11.6. The number of hydrogen-bond donors (Lipinski definition) is 2. The van der Waals surface area contributed by atoms with Crippen LogP contribution in [-0.2, 0) is 11.2 Å². The van der Waals surface area contributed by atoms with Crippen LogP contribution in [-0.4, -0.2) is 24.2 Å². The second-order valence-corrected chi connectivity index (χ2v) is 6.12. The summed E-state index contributed by atoms with van der Waals surface area (Å²) in [5.74, 6) is -1.35. The van der Waals surface area contributed by atoms with Crippen molar-refractivity contribution in [2.75, 3.05) is 23.7 Å². The molecule has 4 heteroatoms. The number of carboxylic acids is 1. The first-order valence-corrected chi connectivity index (χ1v) is 8.05. The third-order valence-electron chi connectivity index (χ3n) is 4.48. The van der Waals surface area contributed by atoms with Crippen LogP contribution in [0.4, 0.5) is 11.4 Å². The van der Waals surface area contributed by atoms with Gasteiger partial charge in [0.2, 0.25) is 0 Å². The van der Waals surface area contributed by atoms with E-state index in [0.717, 1.165) is 24.2 Å². The third-order valence-corrected chi connectivity index (χ3v) is 4.48. The lowest BCUT2D eigenvalue weighted by molar-refractivity contribution is -0.138. The van der Waals surface area contributed by atoms with E-state index in [0.29, 0.717) is 12.1 Å².